The maximum Gasteiger partial charge on any atom is 0.250 e. The lowest BCUT2D eigenvalue weighted by Crippen LogP contribution is -2.30. The molecule has 1 amide bonds. The fourth-order valence-corrected chi connectivity index (χ4v) is 2.72. The number of anilines is 1. The highest BCUT2D eigenvalue weighted by Gasteiger charge is 2.12. The first kappa shape index (κ1) is 15.5. The predicted molar refractivity (Wildman–Crippen MR) is 83.8 cm³/mol. The maximum atomic E-state index is 11.7. The normalized spacial score (nSPS) is 18.8. The number of hydrogen-bond acceptors (Lipinski definition) is 3. The van der Waals surface area contributed by atoms with E-state index in [1.54, 1.807) is 0 Å². The van der Waals surface area contributed by atoms with E-state index in [0.717, 1.165) is 29.7 Å². The van der Waals surface area contributed by atoms with Crippen LogP contribution >= 0.6 is 15.9 Å². The summed E-state index contributed by atoms with van der Waals surface area (Å²) in [4.78, 5) is 11.7. The second-order valence-corrected chi connectivity index (χ2v) is 5.94. The van der Waals surface area contributed by atoms with Gasteiger partial charge in [0.15, 0.2) is 0 Å². The lowest BCUT2D eigenvalue weighted by molar-refractivity contribution is -0.120. The van der Waals surface area contributed by atoms with Gasteiger partial charge in [0.05, 0.1) is 5.69 Å². The number of nitrogens with one attached hydrogen (secondary N) is 2. The first-order valence-electron chi connectivity index (χ1n) is 7.08. The van der Waals surface area contributed by atoms with Gasteiger partial charge in [-0.1, -0.05) is 12.1 Å². The van der Waals surface area contributed by atoms with Gasteiger partial charge in [0.2, 0.25) is 5.91 Å². The number of amides is 1. The highest BCUT2D eigenvalue weighted by Crippen LogP contribution is 2.21. The number of ether oxygens (including phenoxy) is 1. The molecule has 1 aliphatic heterocycles. The summed E-state index contributed by atoms with van der Waals surface area (Å²) in [6.45, 7) is 2.97. The molecular formula is C15H21BrN2O2. The molecule has 1 fully saturated rings. The van der Waals surface area contributed by atoms with Crippen molar-refractivity contribution in [3.8, 4) is 0 Å². The molecule has 0 aliphatic carbocycles. The molecule has 1 unspecified atom stereocenters. The number of rotatable bonds is 6. The number of hydrogen-bond donors (Lipinski definition) is 2. The van der Waals surface area contributed by atoms with Crippen LogP contribution in [-0.2, 0) is 9.53 Å². The van der Waals surface area contributed by atoms with Crippen LogP contribution in [0.2, 0.25) is 0 Å². The predicted octanol–water partition coefficient (Wildman–Crippen LogP) is 2.79. The minimum absolute atomic E-state index is 0.112. The van der Waals surface area contributed by atoms with Crippen LogP contribution in [-0.4, -0.2) is 32.2 Å². The van der Waals surface area contributed by atoms with Crippen molar-refractivity contribution in [3.05, 3.63) is 28.7 Å². The summed E-state index contributed by atoms with van der Waals surface area (Å²) in [5.74, 6) is 0.578. The van der Waals surface area contributed by atoms with Crippen LogP contribution in [0.4, 0.5) is 5.69 Å². The molecule has 0 radical (unpaired) electrons. The molecule has 110 valence electrons. The van der Waals surface area contributed by atoms with Gasteiger partial charge in [0.25, 0.3) is 0 Å². The van der Waals surface area contributed by atoms with Crippen LogP contribution in [0.3, 0.4) is 0 Å². The third kappa shape index (κ3) is 5.23. The van der Waals surface area contributed by atoms with Gasteiger partial charge in [-0.3, -0.25) is 4.79 Å². The van der Waals surface area contributed by atoms with E-state index < -0.39 is 0 Å². The fourth-order valence-electron chi connectivity index (χ4n) is 2.33. The van der Waals surface area contributed by atoms with E-state index in [2.05, 4.69) is 26.6 Å². The first-order chi connectivity index (χ1) is 9.75. The molecule has 1 aromatic rings. The van der Waals surface area contributed by atoms with Crippen LogP contribution in [0.1, 0.15) is 19.3 Å². The second kappa shape index (κ2) is 8.39. The summed E-state index contributed by atoms with van der Waals surface area (Å²) in [7, 11) is 0. The highest BCUT2D eigenvalue weighted by atomic mass is 79.9. The zero-order valence-electron chi connectivity index (χ0n) is 11.5. The van der Waals surface area contributed by atoms with Gasteiger partial charge in [-0.2, -0.15) is 0 Å². The Labute approximate surface area is 128 Å². The molecule has 1 heterocycles. The van der Waals surface area contributed by atoms with Crippen molar-refractivity contribution in [2.75, 3.05) is 31.6 Å². The number of para-hydroxylation sites is 1. The van der Waals surface area contributed by atoms with Gasteiger partial charge < -0.3 is 15.4 Å². The van der Waals surface area contributed by atoms with E-state index in [-0.39, 0.29) is 12.5 Å². The number of benzene rings is 1. The molecule has 4 nitrogen and oxygen atoms in total. The van der Waals surface area contributed by atoms with Crippen molar-refractivity contribution in [2.24, 2.45) is 5.92 Å². The van der Waals surface area contributed by atoms with E-state index in [1.807, 2.05) is 24.3 Å². The third-order valence-electron chi connectivity index (χ3n) is 3.45. The Hall–Kier alpha value is -0.910. The number of piperidine rings is 1. The zero-order chi connectivity index (χ0) is 14.2. The summed E-state index contributed by atoms with van der Waals surface area (Å²) >= 11 is 3.40. The Balaban J connectivity index is 1.61. The average Bonchev–Trinajstić information content (AvgIpc) is 2.47. The molecule has 1 atom stereocenters. The molecule has 20 heavy (non-hydrogen) atoms. The summed E-state index contributed by atoms with van der Waals surface area (Å²) in [5, 5.41) is 6.21. The maximum absolute atomic E-state index is 11.7. The Bertz CT molecular complexity index is 434. The Kier molecular flexibility index (Phi) is 6.50. The molecule has 0 aromatic heterocycles. The first-order valence-corrected chi connectivity index (χ1v) is 7.88. The second-order valence-electron chi connectivity index (χ2n) is 5.08. The summed E-state index contributed by atoms with van der Waals surface area (Å²) in [6, 6.07) is 7.55. The van der Waals surface area contributed by atoms with Gasteiger partial charge in [0, 0.05) is 11.1 Å². The van der Waals surface area contributed by atoms with Crippen LogP contribution in [0.5, 0.6) is 0 Å². The van der Waals surface area contributed by atoms with E-state index in [4.69, 9.17) is 4.74 Å². The van der Waals surface area contributed by atoms with E-state index in [0.29, 0.717) is 12.5 Å². The topological polar surface area (TPSA) is 50.4 Å². The minimum atomic E-state index is -0.112. The van der Waals surface area contributed by atoms with Crippen LogP contribution in [0, 0.1) is 5.92 Å². The average molecular weight is 341 g/mol. The van der Waals surface area contributed by atoms with Gasteiger partial charge in [-0.05, 0) is 66.3 Å². The molecule has 1 aliphatic rings. The number of halogens is 1. The van der Waals surface area contributed by atoms with Crippen molar-refractivity contribution in [3.63, 3.8) is 0 Å². The lowest BCUT2D eigenvalue weighted by atomic mass is 9.97. The molecule has 0 spiro atoms. The van der Waals surface area contributed by atoms with Crippen LogP contribution in [0.25, 0.3) is 0 Å². The van der Waals surface area contributed by atoms with E-state index >= 15 is 0 Å². The molecule has 2 rings (SSSR count). The highest BCUT2D eigenvalue weighted by molar-refractivity contribution is 9.10. The summed E-state index contributed by atoms with van der Waals surface area (Å²) < 4.78 is 6.33. The molecule has 1 saturated heterocycles. The van der Waals surface area contributed by atoms with E-state index in [9.17, 15) is 4.79 Å². The standard InChI is InChI=1S/C15H21BrN2O2/c16-13-5-1-2-6-14(13)18-15(19)11-20-9-7-12-4-3-8-17-10-12/h1-2,5-6,12,17H,3-4,7-11H2,(H,18,19). The van der Waals surface area contributed by atoms with Crippen molar-refractivity contribution >= 4 is 27.5 Å². The van der Waals surface area contributed by atoms with Crippen molar-refractivity contribution in [2.45, 2.75) is 19.3 Å². The lowest BCUT2D eigenvalue weighted by Gasteiger charge is -2.22. The Morgan fingerprint density at radius 2 is 2.30 bits per heavy atom. The van der Waals surface area contributed by atoms with Gasteiger partial charge in [0.1, 0.15) is 6.61 Å². The van der Waals surface area contributed by atoms with Crippen LogP contribution in [0.15, 0.2) is 28.7 Å². The van der Waals surface area contributed by atoms with Crippen LogP contribution < -0.4 is 10.6 Å². The largest absolute Gasteiger partial charge is 0.372 e. The summed E-state index contributed by atoms with van der Waals surface area (Å²) in [6.07, 6.45) is 3.53. The molecule has 5 heteroatoms. The quantitative estimate of drug-likeness (QED) is 0.783. The molecule has 0 saturated carbocycles. The van der Waals surface area contributed by atoms with Gasteiger partial charge in [-0.15, -0.1) is 0 Å². The summed E-state index contributed by atoms with van der Waals surface area (Å²) in [5.41, 5.74) is 0.776. The SMILES string of the molecule is O=C(COCCC1CCCNC1)Nc1ccccc1Br. The van der Waals surface area contributed by atoms with Crippen molar-refractivity contribution < 1.29 is 9.53 Å². The molecule has 2 N–H and O–H groups in total. The molecular weight excluding hydrogens is 320 g/mol. The van der Waals surface area contributed by atoms with Gasteiger partial charge >= 0.3 is 0 Å². The number of carbonyl (C=O) groups excluding carboxylic acids is 1. The Morgan fingerprint density at radius 3 is 3.05 bits per heavy atom. The minimum Gasteiger partial charge on any atom is -0.372 e. The zero-order valence-corrected chi connectivity index (χ0v) is 13.1. The van der Waals surface area contributed by atoms with Crippen molar-refractivity contribution in [1.29, 1.82) is 0 Å². The van der Waals surface area contributed by atoms with Crippen molar-refractivity contribution in [1.82, 2.24) is 5.32 Å². The fraction of sp³-hybridized carbons (Fsp3) is 0.533. The monoisotopic (exact) mass is 340 g/mol. The number of carbonyl (C=O) groups is 1. The smallest absolute Gasteiger partial charge is 0.250 e. The van der Waals surface area contributed by atoms with E-state index in [1.165, 1.54) is 12.8 Å². The van der Waals surface area contributed by atoms with Gasteiger partial charge in [-0.25, -0.2) is 0 Å². The third-order valence-corrected chi connectivity index (χ3v) is 4.14. The molecule has 0 bridgehead atoms. The molecule has 1 aromatic carbocycles. The Morgan fingerprint density at radius 1 is 1.45 bits per heavy atom.